The summed E-state index contributed by atoms with van der Waals surface area (Å²) in [5.41, 5.74) is 0.299. The molecule has 0 amide bonds. The molecule has 2 aromatic carbocycles. The second-order valence-electron chi connectivity index (χ2n) is 8.20. The molecule has 4 atom stereocenters. The van der Waals surface area contributed by atoms with Crippen LogP contribution in [-0.2, 0) is 0 Å². The summed E-state index contributed by atoms with van der Waals surface area (Å²) in [5.74, 6) is -1.27. The number of fused-ring (bicyclic) bond motifs is 2. The molecule has 7 nitrogen and oxygen atoms in total. The highest BCUT2D eigenvalue weighted by Gasteiger charge is 2.35. The Morgan fingerprint density at radius 1 is 0.875 bits per heavy atom. The maximum atomic E-state index is 13.4. The summed E-state index contributed by atoms with van der Waals surface area (Å²) in [6.07, 6.45) is -3.91. The Labute approximate surface area is 183 Å². The Hall–Kier alpha value is -2.88. The van der Waals surface area contributed by atoms with Gasteiger partial charge in [0.25, 0.3) is 0 Å². The van der Waals surface area contributed by atoms with E-state index in [1.165, 1.54) is 24.3 Å². The molecule has 32 heavy (non-hydrogen) atoms. The second kappa shape index (κ2) is 8.93. The predicted octanol–water partition coefficient (Wildman–Crippen LogP) is 1.99. The first-order valence-corrected chi connectivity index (χ1v) is 10.2. The quantitative estimate of drug-likeness (QED) is 0.699. The molecule has 0 fully saturated rings. The first-order chi connectivity index (χ1) is 15.2. The van der Waals surface area contributed by atoms with Crippen LogP contribution in [0.4, 0.5) is 8.78 Å². The molecular weight excluding hydrogens is 424 g/mol. The number of ketones is 2. The molecule has 0 saturated carbocycles. The fourth-order valence-electron chi connectivity index (χ4n) is 4.02. The van der Waals surface area contributed by atoms with E-state index in [4.69, 9.17) is 9.47 Å². The molecule has 0 radical (unpaired) electrons. The smallest absolute Gasteiger partial charge is 0.170 e. The molecule has 2 aliphatic rings. The van der Waals surface area contributed by atoms with Crippen LogP contribution in [-0.4, -0.2) is 71.2 Å². The fourth-order valence-corrected chi connectivity index (χ4v) is 4.02. The normalized spacial score (nSPS) is 21.9. The van der Waals surface area contributed by atoms with Gasteiger partial charge in [0.2, 0.25) is 0 Å². The zero-order valence-electron chi connectivity index (χ0n) is 17.3. The molecule has 0 bridgehead atoms. The minimum Gasteiger partial charge on any atom is -0.486 e. The minimum absolute atomic E-state index is 0.0774. The summed E-state index contributed by atoms with van der Waals surface area (Å²) >= 11 is 0. The highest BCUT2D eigenvalue weighted by Crippen LogP contribution is 2.31. The zero-order chi connectivity index (χ0) is 23.0. The number of rotatable bonds is 6. The van der Waals surface area contributed by atoms with Crippen molar-refractivity contribution in [3.63, 3.8) is 0 Å². The summed E-state index contributed by atoms with van der Waals surface area (Å²) in [4.78, 5) is 26.2. The number of benzene rings is 2. The van der Waals surface area contributed by atoms with Gasteiger partial charge in [0.15, 0.2) is 11.6 Å². The molecule has 2 N–H and O–H groups in total. The van der Waals surface area contributed by atoms with Gasteiger partial charge in [-0.1, -0.05) is 0 Å². The van der Waals surface area contributed by atoms with Crippen LogP contribution in [0.15, 0.2) is 36.4 Å². The number of ether oxygens (including phenoxy) is 2. The third kappa shape index (κ3) is 4.64. The van der Waals surface area contributed by atoms with Gasteiger partial charge >= 0.3 is 0 Å². The second-order valence-corrected chi connectivity index (χ2v) is 8.20. The number of hydrogen-bond acceptors (Lipinski definition) is 7. The molecule has 0 spiro atoms. The average molecular weight is 447 g/mol. The molecule has 2 aliphatic heterocycles. The Morgan fingerprint density at radius 3 is 1.69 bits per heavy atom. The minimum atomic E-state index is -1.05. The van der Waals surface area contributed by atoms with Gasteiger partial charge in [-0.15, -0.1) is 0 Å². The maximum Gasteiger partial charge on any atom is 0.170 e. The summed E-state index contributed by atoms with van der Waals surface area (Å²) < 4.78 is 38.1. The number of carbonyl (C=O) groups excluding carboxylic acids is 2. The number of Topliss-reactive ketones (excluding diaryl/α,β-unsaturated/α-hetero) is 2. The van der Waals surface area contributed by atoms with Gasteiger partial charge in [0.05, 0.1) is 24.0 Å². The molecule has 9 heteroatoms. The van der Waals surface area contributed by atoms with E-state index >= 15 is 0 Å². The Bertz CT molecular complexity index is 964. The molecule has 2 heterocycles. The van der Waals surface area contributed by atoms with Crippen molar-refractivity contribution in [2.45, 2.75) is 37.3 Å². The van der Waals surface area contributed by atoms with Crippen LogP contribution in [0.1, 0.15) is 33.6 Å². The lowest BCUT2D eigenvalue weighted by atomic mass is 9.96. The van der Waals surface area contributed by atoms with Crippen molar-refractivity contribution >= 4 is 11.6 Å². The van der Waals surface area contributed by atoms with E-state index in [9.17, 15) is 28.6 Å². The Balaban J connectivity index is 1.34. The van der Waals surface area contributed by atoms with Gasteiger partial charge in [-0.3, -0.25) is 9.59 Å². The lowest BCUT2D eigenvalue weighted by Crippen LogP contribution is -2.48. The van der Waals surface area contributed by atoms with E-state index in [0.717, 1.165) is 12.1 Å². The molecule has 0 saturated heterocycles. The standard InChI is InChI=1S/C23H23F2NO6/c1-26(10-18(29)22-8-16(27)14-6-12(24)2-4-20(14)31-22)11-19(30)23-9-17(28)15-7-13(25)3-5-21(15)32-23/h2-7,18-19,22-23,29-30H,8-11H2,1H3/t18-,19-,22+,23+/m1/s1. The first kappa shape index (κ1) is 22.3. The summed E-state index contributed by atoms with van der Waals surface area (Å²) in [6, 6.07) is 7.30. The molecule has 0 unspecified atom stereocenters. The van der Waals surface area contributed by atoms with Gasteiger partial charge in [-0.25, -0.2) is 8.78 Å². The van der Waals surface area contributed by atoms with Crippen LogP contribution >= 0.6 is 0 Å². The van der Waals surface area contributed by atoms with E-state index in [2.05, 4.69) is 0 Å². The van der Waals surface area contributed by atoms with Gasteiger partial charge in [0.1, 0.15) is 47.5 Å². The maximum absolute atomic E-state index is 13.4. The van der Waals surface area contributed by atoms with Crippen LogP contribution in [0, 0.1) is 11.6 Å². The SMILES string of the molecule is CN(C[C@@H](O)[C@@H]1CC(=O)c2cc(F)ccc2O1)C[C@@H](O)[C@@H]1CC(=O)c2cc(F)ccc2O1. The third-order valence-corrected chi connectivity index (χ3v) is 5.67. The van der Waals surface area contributed by atoms with Crippen molar-refractivity contribution in [3.8, 4) is 11.5 Å². The van der Waals surface area contributed by atoms with Crippen molar-refractivity contribution in [2.24, 2.45) is 0 Å². The number of aliphatic hydroxyl groups excluding tert-OH is 2. The van der Waals surface area contributed by atoms with Gasteiger partial charge < -0.3 is 24.6 Å². The summed E-state index contributed by atoms with van der Waals surface area (Å²) in [7, 11) is 1.66. The average Bonchev–Trinajstić information content (AvgIpc) is 2.74. The monoisotopic (exact) mass is 447 g/mol. The molecule has 0 aliphatic carbocycles. The van der Waals surface area contributed by atoms with Crippen molar-refractivity contribution < 1.29 is 38.1 Å². The topological polar surface area (TPSA) is 96.3 Å². The molecule has 4 rings (SSSR count). The van der Waals surface area contributed by atoms with Crippen LogP contribution in [0.2, 0.25) is 0 Å². The lowest BCUT2D eigenvalue weighted by Gasteiger charge is -2.33. The van der Waals surface area contributed by atoms with Crippen LogP contribution in [0.25, 0.3) is 0 Å². The highest BCUT2D eigenvalue weighted by atomic mass is 19.1. The fraction of sp³-hybridized carbons (Fsp3) is 0.391. The largest absolute Gasteiger partial charge is 0.486 e. The van der Waals surface area contributed by atoms with Gasteiger partial charge in [0, 0.05) is 13.1 Å². The molecule has 0 aromatic heterocycles. The Morgan fingerprint density at radius 2 is 1.28 bits per heavy atom. The third-order valence-electron chi connectivity index (χ3n) is 5.67. The van der Waals surface area contributed by atoms with Crippen LogP contribution < -0.4 is 9.47 Å². The van der Waals surface area contributed by atoms with E-state index in [-0.39, 0.29) is 60.1 Å². The van der Waals surface area contributed by atoms with Crippen LogP contribution in [0.5, 0.6) is 11.5 Å². The van der Waals surface area contributed by atoms with Crippen molar-refractivity contribution in [3.05, 3.63) is 59.2 Å². The number of nitrogens with zero attached hydrogens (tertiary/aromatic N) is 1. The van der Waals surface area contributed by atoms with Gasteiger partial charge in [-0.05, 0) is 43.4 Å². The summed E-state index contributed by atoms with van der Waals surface area (Å²) in [5, 5.41) is 21.1. The number of hydrogen-bond donors (Lipinski definition) is 2. The van der Waals surface area contributed by atoms with E-state index in [1.807, 2.05) is 0 Å². The van der Waals surface area contributed by atoms with Crippen molar-refractivity contribution in [1.29, 1.82) is 0 Å². The molecule has 170 valence electrons. The first-order valence-electron chi connectivity index (χ1n) is 10.2. The molecular formula is C23H23F2NO6. The van der Waals surface area contributed by atoms with Crippen molar-refractivity contribution in [1.82, 2.24) is 4.90 Å². The van der Waals surface area contributed by atoms with Crippen molar-refractivity contribution in [2.75, 3.05) is 20.1 Å². The number of halogens is 2. The van der Waals surface area contributed by atoms with Gasteiger partial charge in [-0.2, -0.15) is 0 Å². The van der Waals surface area contributed by atoms with E-state index in [1.54, 1.807) is 11.9 Å². The van der Waals surface area contributed by atoms with E-state index in [0.29, 0.717) is 0 Å². The molecule has 2 aromatic rings. The Kier molecular flexibility index (Phi) is 6.23. The highest BCUT2D eigenvalue weighted by molar-refractivity contribution is 6.00. The van der Waals surface area contributed by atoms with Crippen LogP contribution in [0.3, 0.4) is 0 Å². The number of carbonyl (C=O) groups is 2. The summed E-state index contributed by atoms with van der Waals surface area (Å²) in [6.45, 7) is 0.155. The lowest BCUT2D eigenvalue weighted by molar-refractivity contribution is -0.0179. The van der Waals surface area contributed by atoms with E-state index < -0.39 is 36.1 Å². The number of likely N-dealkylation sites (N-methyl/N-ethyl adjacent to an activating group) is 1. The number of aliphatic hydroxyl groups is 2. The predicted molar refractivity (Wildman–Crippen MR) is 109 cm³/mol. The zero-order valence-corrected chi connectivity index (χ0v) is 17.3.